The zero-order chi connectivity index (χ0) is 16.0. The van der Waals surface area contributed by atoms with Gasteiger partial charge in [-0.05, 0) is 46.7 Å². The van der Waals surface area contributed by atoms with E-state index in [2.05, 4.69) is 17.7 Å². The third-order valence-corrected chi connectivity index (χ3v) is 6.34. The fraction of sp³-hybridized carbons (Fsp3) is 0.875. The van der Waals surface area contributed by atoms with Gasteiger partial charge in [0.15, 0.2) is 0 Å². The zero-order valence-corrected chi connectivity index (χ0v) is 15.3. The molecule has 0 unspecified atom stereocenters. The van der Waals surface area contributed by atoms with Gasteiger partial charge in [-0.2, -0.15) is 0 Å². The molecule has 0 amide bonds. The standard InChI is InChI=1S/C16H33NO3Si/c1-6-11-14-17(13-7-2)15-12-16-21(18-8-3,19-9-4)20-10-5/h2H,6,8-16H2,1,3-5H3. The fourth-order valence-corrected chi connectivity index (χ4v) is 4.89. The lowest BCUT2D eigenvalue weighted by Crippen LogP contribution is -2.46. The van der Waals surface area contributed by atoms with Crippen molar-refractivity contribution in [3.63, 3.8) is 0 Å². The molecule has 0 aliphatic carbocycles. The molecule has 0 atom stereocenters. The van der Waals surface area contributed by atoms with Crippen LogP contribution < -0.4 is 0 Å². The molecule has 0 spiro atoms. The van der Waals surface area contributed by atoms with E-state index in [4.69, 9.17) is 19.7 Å². The maximum atomic E-state index is 5.87. The van der Waals surface area contributed by atoms with Gasteiger partial charge in [0.05, 0.1) is 6.54 Å². The Kier molecular flexibility index (Phi) is 13.0. The van der Waals surface area contributed by atoms with Crippen molar-refractivity contribution in [2.75, 3.05) is 39.5 Å². The summed E-state index contributed by atoms with van der Waals surface area (Å²) >= 11 is 0. The molecular weight excluding hydrogens is 282 g/mol. The van der Waals surface area contributed by atoms with Crippen LogP contribution in [0.4, 0.5) is 0 Å². The number of hydrogen-bond donors (Lipinski definition) is 0. The molecule has 0 aliphatic heterocycles. The lowest BCUT2D eigenvalue weighted by molar-refractivity contribution is 0.0700. The number of terminal acetylenes is 1. The van der Waals surface area contributed by atoms with Crippen molar-refractivity contribution in [1.29, 1.82) is 0 Å². The molecule has 0 heterocycles. The van der Waals surface area contributed by atoms with Crippen LogP contribution in [0.15, 0.2) is 0 Å². The molecule has 4 nitrogen and oxygen atoms in total. The minimum atomic E-state index is -2.49. The number of nitrogens with zero attached hydrogens (tertiary/aromatic N) is 1. The van der Waals surface area contributed by atoms with Gasteiger partial charge >= 0.3 is 8.80 Å². The van der Waals surface area contributed by atoms with Crippen LogP contribution in [0.2, 0.25) is 6.04 Å². The van der Waals surface area contributed by atoms with E-state index in [0.29, 0.717) is 26.4 Å². The average molecular weight is 316 g/mol. The van der Waals surface area contributed by atoms with E-state index < -0.39 is 8.80 Å². The van der Waals surface area contributed by atoms with E-state index >= 15 is 0 Å². The van der Waals surface area contributed by atoms with Gasteiger partial charge in [-0.1, -0.05) is 19.3 Å². The normalized spacial score (nSPS) is 11.8. The van der Waals surface area contributed by atoms with Gasteiger partial charge in [0, 0.05) is 25.9 Å². The summed E-state index contributed by atoms with van der Waals surface area (Å²) in [5.41, 5.74) is 0. The Morgan fingerprint density at radius 1 is 0.905 bits per heavy atom. The predicted molar refractivity (Wildman–Crippen MR) is 90.2 cm³/mol. The highest BCUT2D eigenvalue weighted by atomic mass is 28.4. The summed E-state index contributed by atoms with van der Waals surface area (Å²) in [6.07, 6.45) is 8.82. The van der Waals surface area contributed by atoms with Crippen molar-refractivity contribution < 1.29 is 13.3 Å². The van der Waals surface area contributed by atoms with Crippen molar-refractivity contribution >= 4 is 8.80 Å². The summed E-state index contributed by atoms with van der Waals surface area (Å²) in [4.78, 5) is 2.33. The molecule has 0 rings (SSSR count). The molecule has 0 saturated carbocycles. The lowest BCUT2D eigenvalue weighted by atomic mass is 10.3. The number of hydrogen-bond acceptors (Lipinski definition) is 4. The van der Waals surface area contributed by atoms with Crippen LogP contribution in [0.3, 0.4) is 0 Å². The third-order valence-electron chi connectivity index (χ3n) is 3.19. The van der Waals surface area contributed by atoms with Crippen LogP contribution in [-0.4, -0.2) is 53.2 Å². The van der Waals surface area contributed by atoms with Crippen molar-refractivity contribution in [1.82, 2.24) is 4.90 Å². The number of rotatable bonds is 14. The Bertz CT molecular complexity index is 264. The Morgan fingerprint density at radius 2 is 1.43 bits per heavy atom. The topological polar surface area (TPSA) is 30.9 Å². The molecule has 124 valence electrons. The van der Waals surface area contributed by atoms with Gasteiger partial charge in [0.2, 0.25) is 0 Å². The fourth-order valence-electron chi connectivity index (χ4n) is 2.30. The van der Waals surface area contributed by atoms with E-state index in [-0.39, 0.29) is 0 Å². The first kappa shape index (κ1) is 20.6. The van der Waals surface area contributed by atoms with E-state index in [1.807, 2.05) is 20.8 Å². The lowest BCUT2D eigenvalue weighted by Gasteiger charge is -2.29. The summed E-state index contributed by atoms with van der Waals surface area (Å²) < 4.78 is 17.6. The third kappa shape index (κ3) is 9.28. The van der Waals surface area contributed by atoms with E-state index in [1.165, 1.54) is 12.8 Å². The zero-order valence-electron chi connectivity index (χ0n) is 14.3. The first-order chi connectivity index (χ1) is 10.2. The molecule has 0 bridgehead atoms. The summed E-state index contributed by atoms with van der Waals surface area (Å²) in [5, 5.41) is 0. The second-order valence-corrected chi connectivity index (χ2v) is 7.65. The van der Waals surface area contributed by atoms with E-state index in [9.17, 15) is 0 Å². The second-order valence-electron chi connectivity index (χ2n) is 4.92. The molecule has 0 aromatic heterocycles. The minimum absolute atomic E-state index is 0.635. The maximum Gasteiger partial charge on any atom is 0.500 e. The summed E-state index contributed by atoms with van der Waals surface area (Å²) in [7, 11) is -2.49. The average Bonchev–Trinajstić information content (AvgIpc) is 2.45. The summed E-state index contributed by atoms with van der Waals surface area (Å²) in [6, 6.07) is 0.857. The molecule has 0 N–H and O–H groups in total. The van der Waals surface area contributed by atoms with Crippen LogP contribution in [0, 0.1) is 12.3 Å². The van der Waals surface area contributed by atoms with Crippen molar-refractivity contribution in [2.24, 2.45) is 0 Å². The first-order valence-corrected chi connectivity index (χ1v) is 10.2. The first-order valence-electron chi connectivity index (χ1n) is 8.25. The SMILES string of the molecule is C#CCN(CCCC)CCC[Si](OCC)(OCC)OCC. The van der Waals surface area contributed by atoms with Gasteiger partial charge in [-0.3, -0.25) is 4.90 Å². The summed E-state index contributed by atoms with van der Waals surface area (Å²) in [6.45, 7) is 12.8. The monoisotopic (exact) mass is 315 g/mol. The molecule has 0 saturated heterocycles. The smallest absolute Gasteiger partial charge is 0.374 e. The minimum Gasteiger partial charge on any atom is -0.374 e. The predicted octanol–water partition coefficient (Wildman–Crippen LogP) is 3.16. The Morgan fingerprint density at radius 3 is 1.86 bits per heavy atom. The second kappa shape index (κ2) is 13.3. The maximum absolute atomic E-state index is 5.87. The molecule has 0 aromatic rings. The van der Waals surface area contributed by atoms with Crippen LogP contribution >= 0.6 is 0 Å². The van der Waals surface area contributed by atoms with Crippen LogP contribution in [0.1, 0.15) is 47.0 Å². The van der Waals surface area contributed by atoms with Crippen LogP contribution in [0.25, 0.3) is 0 Å². The van der Waals surface area contributed by atoms with Gasteiger partial charge in [0.25, 0.3) is 0 Å². The highest BCUT2D eigenvalue weighted by Crippen LogP contribution is 2.18. The van der Waals surface area contributed by atoms with Gasteiger partial charge in [0.1, 0.15) is 0 Å². The largest absolute Gasteiger partial charge is 0.500 e. The molecule has 5 heteroatoms. The van der Waals surface area contributed by atoms with Crippen molar-refractivity contribution in [2.45, 2.75) is 53.0 Å². The van der Waals surface area contributed by atoms with Gasteiger partial charge in [-0.25, -0.2) is 0 Å². The highest BCUT2D eigenvalue weighted by molar-refractivity contribution is 6.60. The Hall–Kier alpha value is -0.383. The molecule has 21 heavy (non-hydrogen) atoms. The highest BCUT2D eigenvalue weighted by Gasteiger charge is 2.39. The van der Waals surface area contributed by atoms with Crippen LogP contribution in [0.5, 0.6) is 0 Å². The quantitative estimate of drug-likeness (QED) is 0.364. The van der Waals surface area contributed by atoms with E-state index in [1.54, 1.807) is 0 Å². The van der Waals surface area contributed by atoms with Crippen molar-refractivity contribution in [3.05, 3.63) is 0 Å². The summed E-state index contributed by atoms with van der Waals surface area (Å²) in [5.74, 6) is 2.74. The van der Waals surface area contributed by atoms with Crippen molar-refractivity contribution in [3.8, 4) is 12.3 Å². The molecular formula is C16H33NO3Si. The van der Waals surface area contributed by atoms with Crippen LogP contribution in [-0.2, 0) is 13.3 Å². The molecule has 0 radical (unpaired) electrons. The Balaban J connectivity index is 4.39. The van der Waals surface area contributed by atoms with E-state index in [0.717, 1.165) is 25.6 Å². The molecule has 0 fully saturated rings. The van der Waals surface area contributed by atoms with Gasteiger partial charge in [-0.15, -0.1) is 6.42 Å². The number of unbranched alkanes of at least 4 members (excludes halogenated alkanes) is 1. The molecule has 0 aromatic carbocycles. The molecule has 0 aliphatic rings. The Labute approximate surface area is 132 Å². The van der Waals surface area contributed by atoms with Gasteiger partial charge < -0.3 is 13.3 Å².